The number of methoxy groups -OCH3 is 1. The molecule has 1 aliphatic carbocycles. The molecule has 0 unspecified atom stereocenters. The number of nitrogens with zero attached hydrogens (tertiary/aromatic N) is 1. The molecule has 3 nitrogen and oxygen atoms in total. The molecular weight excluding hydrogens is 164 g/mol. The molecule has 1 fully saturated rings. The fraction of sp³-hybridized carbons (Fsp3) is 0.500. The number of aromatic nitrogens is 1. The lowest BCUT2D eigenvalue weighted by molar-refractivity contribution is 0.398. The molecule has 1 N–H and O–H groups in total. The van der Waals surface area contributed by atoms with Gasteiger partial charge < -0.3 is 10.1 Å². The smallest absolute Gasteiger partial charge is 0.214 e. The molecule has 13 heavy (non-hydrogen) atoms. The first-order valence-corrected chi connectivity index (χ1v) is 4.62. The van der Waals surface area contributed by atoms with E-state index >= 15 is 0 Å². The second-order valence-corrected chi connectivity index (χ2v) is 3.41. The topological polar surface area (TPSA) is 34.1 Å². The quantitative estimate of drug-likeness (QED) is 0.764. The zero-order valence-corrected chi connectivity index (χ0v) is 7.79. The summed E-state index contributed by atoms with van der Waals surface area (Å²) in [6.07, 6.45) is 4.50. The van der Waals surface area contributed by atoms with E-state index in [0.717, 1.165) is 18.2 Å². The van der Waals surface area contributed by atoms with Gasteiger partial charge in [0.15, 0.2) is 0 Å². The van der Waals surface area contributed by atoms with Crippen molar-refractivity contribution >= 4 is 5.69 Å². The van der Waals surface area contributed by atoms with Gasteiger partial charge in [0.05, 0.1) is 7.11 Å². The van der Waals surface area contributed by atoms with E-state index in [9.17, 15) is 0 Å². The maximum absolute atomic E-state index is 5.03. The van der Waals surface area contributed by atoms with E-state index in [4.69, 9.17) is 4.74 Å². The summed E-state index contributed by atoms with van der Waals surface area (Å²) in [4.78, 5) is 4.04. The van der Waals surface area contributed by atoms with E-state index in [0.29, 0.717) is 5.88 Å². The van der Waals surface area contributed by atoms with E-state index in [1.807, 2.05) is 12.1 Å². The first-order valence-electron chi connectivity index (χ1n) is 4.62. The van der Waals surface area contributed by atoms with Gasteiger partial charge in [-0.1, -0.05) is 0 Å². The fourth-order valence-electron chi connectivity index (χ4n) is 1.22. The molecule has 1 aliphatic rings. The number of nitrogens with one attached hydrogen (secondary N) is 1. The van der Waals surface area contributed by atoms with Crippen molar-refractivity contribution in [1.82, 2.24) is 4.98 Å². The molecule has 0 aliphatic heterocycles. The normalized spacial score (nSPS) is 15.5. The van der Waals surface area contributed by atoms with E-state index in [1.54, 1.807) is 13.3 Å². The Morgan fingerprint density at radius 2 is 2.46 bits per heavy atom. The van der Waals surface area contributed by atoms with Crippen molar-refractivity contribution in [1.29, 1.82) is 0 Å². The van der Waals surface area contributed by atoms with Crippen LogP contribution in [0.2, 0.25) is 0 Å². The standard InChI is InChI=1S/C10H14N2O/c1-13-10-6-9(4-5-11-10)12-7-8-2-3-8/h4-6,8H,2-3,7H2,1H3,(H,11,12). The Balaban J connectivity index is 1.93. The van der Waals surface area contributed by atoms with Crippen LogP contribution in [0.15, 0.2) is 18.3 Å². The number of ether oxygens (including phenoxy) is 1. The van der Waals surface area contributed by atoms with Crippen molar-refractivity contribution in [3.63, 3.8) is 0 Å². The second kappa shape index (κ2) is 3.64. The van der Waals surface area contributed by atoms with Gasteiger partial charge in [-0.05, 0) is 24.8 Å². The molecule has 0 saturated heterocycles. The summed E-state index contributed by atoms with van der Waals surface area (Å²) >= 11 is 0. The molecular formula is C10H14N2O. The zero-order chi connectivity index (χ0) is 9.10. The summed E-state index contributed by atoms with van der Waals surface area (Å²) in [5, 5.41) is 3.36. The van der Waals surface area contributed by atoms with Crippen LogP contribution in [0.5, 0.6) is 5.88 Å². The minimum Gasteiger partial charge on any atom is -0.481 e. The molecule has 0 atom stereocenters. The Morgan fingerprint density at radius 3 is 3.15 bits per heavy atom. The minimum atomic E-state index is 0.667. The minimum absolute atomic E-state index is 0.667. The first-order chi connectivity index (χ1) is 6.38. The van der Waals surface area contributed by atoms with Crippen molar-refractivity contribution in [2.75, 3.05) is 19.0 Å². The van der Waals surface area contributed by atoms with Gasteiger partial charge in [-0.25, -0.2) is 4.98 Å². The maximum atomic E-state index is 5.03. The van der Waals surface area contributed by atoms with Gasteiger partial charge in [-0.15, -0.1) is 0 Å². The van der Waals surface area contributed by atoms with Crippen LogP contribution in [0.4, 0.5) is 5.69 Å². The predicted octanol–water partition coefficient (Wildman–Crippen LogP) is 1.91. The van der Waals surface area contributed by atoms with E-state index in [1.165, 1.54) is 12.8 Å². The van der Waals surface area contributed by atoms with Crippen molar-refractivity contribution in [3.8, 4) is 5.88 Å². The molecule has 0 radical (unpaired) electrons. The molecule has 1 heterocycles. The molecule has 1 aromatic rings. The molecule has 1 saturated carbocycles. The van der Waals surface area contributed by atoms with Crippen molar-refractivity contribution < 1.29 is 4.74 Å². The van der Waals surface area contributed by atoms with E-state index in [2.05, 4.69) is 10.3 Å². The number of rotatable bonds is 4. The lowest BCUT2D eigenvalue weighted by Crippen LogP contribution is -2.03. The molecule has 1 aromatic heterocycles. The SMILES string of the molecule is COc1cc(NCC2CC2)ccn1. The molecule has 3 heteroatoms. The highest BCUT2D eigenvalue weighted by atomic mass is 16.5. The lowest BCUT2D eigenvalue weighted by Gasteiger charge is -2.05. The second-order valence-electron chi connectivity index (χ2n) is 3.41. The average Bonchev–Trinajstić information content (AvgIpc) is 2.99. The summed E-state index contributed by atoms with van der Waals surface area (Å²) in [6, 6.07) is 3.88. The van der Waals surface area contributed by atoms with Crippen LogP contribution in [-0.2, 0) is 0 Å². The Labute approximate surface area is 78.1 Å². The van der Waals surface area contributed by atoms with Gasteiger partial charge in [0.25, 0.3) is 0 Å². The number of anilines is 1. The Hall–Kier alpha value is -1.25. The van der Waals surface area contributed by atoms with E-state index < -0.39 is 0 Å². The third-order valence-corrected chi connectivity index (χ3v) is 2.24. The molecule has 0 amide bonds. The Kier molecular flexibility index (Phi) is 2.34. The molecule has 0 aromatic carbocycles. The largest absolute Gasteiger partial charge is 0.481 e. The number of hydrogen-bond acceptors (Lipinski definition) is 3. The third kappa shape index (κ3) is 2.34. The third-order valence-electron chi connectivity index (χ3n) is 2.24. The number of hydrogen-bond donors (Lipinski definition) is 1. The summed E-state index contributed by atoms with van der Waals surface area (Å²) in [5.74, 6) is 1.56. The summed E-state index contributed by atoms with van der Waals surface area (Å²) in [6.45, 7) is 1.08. The monoisotopic (exact) mass is 178 g/mol. The van der Waals surface area contributed by atoms with Gasteiger partial charge >= 0.3 is 0 Å². The molecule has 70 valence electrons. The first kappa shape index (κ1) is 8.35. The Morgan fingerprint density at radius 1 is 1.62 bits per heavy atom. The zero-order valence-electron chi connectivity index (χ0n) is 7.79. The van der Waals surface area contributed by atoms with Crippen LogP contribution in [0.25, 0.3) is 0 Å². The fourth-order valence-corrected chi connectivity index (χ4v) is 1.22. The molecule has 0 spiro atoms. The Bertz CT molecular complexity index is 284. The van der Waals surface area contributed by atoms with Gasteiger partial charge in [-0.2, -0.15) is 0 Å². The lowest BCUT2D eigenvalue weighted by atomic mass is 10.3. The maximum Gasteiger partial charge on any atom is 0.214 e. The number of pyridine rings is 1. The van der Waals surface area contributed by atoms with Gasteiger partial charge in [0, 0.05) is 24.5 Å². The van der Waals surface area contributed by atoms with Crippen molar-refractivity contribution in [2.45, 2.75) is 12.8 Å². The highest BCUT2D eigenvalue weighted by molar-refractivity contribution is 5.45. The van der Waals surface area contributed by atoms with Gasteiger partial charge in [0.2, 0.25) is 5.88 Å². The van der Waals surface area contributed by atoms with Crippen LogP contribution in [0, 0.1) is 5.92 Å². The summed E-state index contributed by atoms with van der Waals surface area (Å²) in [7, 11) is 1.63. The average molecular weight is 178 g/mol. The van der Waals surface area contributed by atoms with Crippen LogP contribution < -0.4 is 10.1 Å². The van der Waals surface area contributed by atoms with Crippen LogP contribution in [0.3, 0.4) is 0 Å². The van der Waals surface area contributed by atoms with Crippen molar-refractivity contribution in [2.24, 2.45) is 5.92 Å². The van der Waals surface area contributed by atoms with Crippen LogP contribution in [0.1, 0.15) is 12.8 Å². The van der Waals surface area contributed by atoms with Crippen LogP contribution >= 0.6 is 0 Å². The summed E-state index contributed by atoms with van der Waals surface area (Å²) in [5.41, 5.74) is 1.10. The molecule has 0 bridgehead atoms. The van der Waals surface area contributed by atoms with Crippen LogP contribution in [-0.4, -0.2) is 18.6 Å². The predicted molar refractivity (Wildman–Crippen MR) is 52.0 cm³/mol. The van der Waals surface area contributed by atoms with E-state index in [-0.39, 0.29) is 0 Å². The molecule has 2 rings (SSSR count). The summed E-state index contributed by atoms with van der Waals surface area (Å²) < 4.78 is 5.03. The van der Waals surface area contributed by atoms with Gasteiger partial charge in [-0.3, -0.25) is 0 Å². The highest BCUT2D eigenvalue weighted by Crippen LogP contribution is 2.29. The highest BCUT2D eigenvalue weighted by Gasteiger charge is 2.20. The van der Waals surface area contributed by atoms with Gasteiger partial charge in [0.1, 0.15) is 0 Å². The van der Waals surface area contributed by atoms with Crippen molar-refractivity contribution in [3.05, 3.63) is 18.3 Å².